The number of nitrogens with zero attached hydrogens (tertiary/aromatic N) is 4. The zero-order chi connectivity index (χ0) is 22.1. The van der Waals surface area contributed by atoms with E-state index < -0.39 is 0 Å². The molecule has 2 aliphatic rings. The Hall–Kier alpha value is -2.09. The van der Waals surface area contributed by atoms with E-state index in [9.17, 15) is 9.18 Å². The van der Waals surface area contributed by atoms with Crippen molar-refractivity contribution < 1.29 is 4.39 Å². The summed E-state index contributed by atoms with van der Waals surface area (Å²) in [6.45, 7) is 8.66. The van der Waals surface area contributed by atoms with Crippen LogP contribution in [0.25, 0.3) is 10.2 Å². The van der Waals surface area contributed by atoms with Crippen LogP contribution in [0, 0.1) is 5.82 Å². The molecule has 0 N–H and O–H groups in total. The number of aryl methyl sites for hydroxylation is 3. The van der Waals surface area contributed by atoms with E-state index >= 15 is 0 Å². The summed E-state index contributed by atoms with van der Waals surface area (Å²) >= 11 is 1.71. The van der Waals surface area contributed by atoms with Gasteiger partial charge in [-0.2, -0.15) is 0 Å². The van der Waals surface area contributed by atoms with Crippen LogP contribution in [0.3, 0.4) is 0 Å². The lowest BCUT2D eigenvalue weighted by molar-refractivity contribution is 0.0902. The summed E-state index contributed by atoms with van der Waals surface area (Å²) in [6, 6.07) is 7.08. The highest BCUT2D eigenvalue weighted by molar-refractivity contribution is 7.18. The molecule has 32 heavy (non-hydrogen) atoms. The summed E-state index contributed by atoms with van der Waals surface area (Å²) in [6.07, 6.45) is 6.72. The summed E-state index contributed by atoms with van der Waals surface area (Å²) in [5.41, 5.74) is 2.33. The van der Waals surface area contributed by atoms with Gasteiger partial charge in [-0.05, 0) is 61.9 Å². The summed E-state index contributed by atoms with van der Waals surface area (Å²) < 4.78 is 14.9. The third kappa shape index (κ3) is 4.38. The lowest BCUT2D eigenvalue weighted by atomic mass is 9.91. The highest BCUT2D eigenvalue weighted by Crippen LogP contribution is 2.35. The Labute approximate surface area is 192 Å². The molecule has 0 unspecified atom stereocenters. The smallest absolute Gasteiger partial charge is 0.262 e. The van der Waals surface area contributed by atoms with Crippen molar-refractivity contribution in [1.82, 2.24) is 19.4 Å². The van der Waals surface area contributed by atoms with E-state index in [1.165, 1.54) is 48.6 Å². The molecular weight excluding hydrogens is 423 g/mol. The standard InChI is InChI=1S/C25H31FN4OS/c1-2-10-28-12-14-29(15-13-28)20-7-8-21-22(16-20)32-24-23(21)25(31)30(17-27-24)11-9-18-3-5-19(26)6-4-18/h3-6,17,20H,2,7-16H2,1H3/t20-/m0/s1. The maximum Gasteiger partial charge on any atom is 0.262 e. The average Bonchev–Trinajstić information content (AvgIpc) is 3.19. The molecule has 3 heterocycles. The highest BCUT2D eigenvalue weighted by Gasteiger charge is 2.30. The summed E-state index contributed by atoms with van der Waals surface area (Å²) in [7, 11) is 0. The molecule has 7 heteroatoms. The predicted octanol–water partition coefficient (Wildman–Crippen LogP) is 3.72. The molecule has 1 fully saturated rings. The Morgan fingerprint density at radius 1 is 1.12 bits per heavy atom. The number of benzene rings is 1. The van der Waals surface area contributed by atoms with Crippen LogP contribution in [0.1, 0.15) is 35.8 Å². The number of fused-ring (bicyclic) bond motifs is 3. The fourth-order valence-corrected chi connectivity index (χ4v) is 6.47. The molecule has 1 aliphatic carbocycles. The Morgan fingerprint density at radius 2 is 1.91 bits per heavy atom. The van der Waals surface area contributed by atoms with Crippen molar-refractivity contribution in [2.24, 2.45) is 0 Å². The van der Waals surface area contributed by atoms with Gasteiger partial charge in [0.15, 0.2) is 0 Å². The Kier molecular flexibility index (Phi) is 6.40. The number of aromatic nitrogens is 2. The Balaban J connectivity index is 1.31. The van der Waals surface area contributed by atoms with Gasteiger partial charge in [-0.3, -0.25) is 14.3 Å². The van der Waals surface area contributed by atoms with E-state index in [1.54, 1.807) is 34.4 Å². The maximum atomic E-state index is 13.3. The molecule has 1 atom stereocenters. The normalized spacial score (nSPS) is 20.0. The van der Waals surface area contributed by atoms with Crippen LogP contribution in [-0.4, -0.2) is 58.1 Å². The van der Waals surface area contributed by atoms with Gasteiger partial charge >= 0.3 is 0 Å². The van der Waals surface area contributed by atoms with E-state index in [0.29, 0.717) is 19.0 Å². The van der Waals surface area contributed by atoms with Crippen LogP contribution in [0.5, 0.6) is 0 Å². The van der Waals surface area contributed by atoms with Gasteiger partial charge in [0.1, 0.15) is 10.6 Å². The topological polar surface area (TPSA) is 41.4 Å². The SMILES string of the molecule is CCCN1CCN([C@H]2CCc3c(sc4ncn(CCc5ccc(F)cc5)c(=O)c34)C2)CC1. The number of hydrogen-bond acceptors (Lipinski definition) is 5. The molecule has 170 valence electrons. The lowest BCUT2D eigenvalue weighted by Gasteiger charge is -2.40. The second-order valence-electron chi connectivity index (χ2n) is 9.08. The Bertz CT molecular complexity index is 1130. The molecule has 1 aromatic carbocycles. The lowest BCUT2D eigenvalue weighted by Crippen LogP contribution is -2.51. The van der Waals surface area contributed by atoms with Crippen molar-refractivity contribution in [3.8, 4) is 0 Å². The van der Waals surface area contributed by atoms with Gasteiger partial charge in [-0.1, -0.05) is 19.1 Å². The quantitative estimate of drug-likeness (QED) is 0.569. The van der Waals surface area contributed by atoms with Crippen LogP contribution in [-0.2, 0) is 25.8 Å². The van der Waals surface area contributed by atoms with Gasteiger partial charge in [0, 0.05) is 43.6 Å². The molecule has 0 saturated carbocycles. The molecular formula is C25H31FN4OS. The van der Waals surface area contributed by atoms with Crippen molar-refractivity contribution in [2.45, 2.75) is 51.6 Å². The van der Waals surface area contributed by atoms with Crippen molar-refractivity contribution >= 4 is 21.6 Å². The van der Waals surface area contributed by atoms with Gasteiger partial charge < -0.3 is 4.90 Å². The van der Waals surface area contributed by atoms with Gasteiger partial charge in [-0.25, -0.2) is 9.37 Å². The third-order valence-electron chi connectivity index (χ3n) is 7.03. The van der Waals surface area contributed by atoms with Crippen molar-refractivity contribution in [1.29, 1.82) is 0 Å². The second kappa shape index (κ2) is 9.41. The minimum Gasteiger partial charge on any atom is -0.301 e. The van der Waals surface area contributed by atoms with E-state index in [2.05, 4.69) is 21.7 Å². The second-order valence-corrected chi connectivity index (χ2v) is 10.2. The molecule has 3 aromatic rings. The molecule has 0 bridgehead atoms. The van der Waals surface area contributed by atoms with Crippen LogP contribution in [0.2, 0.25) is 0 Å². The average molecular weight is 455 g/mol. The fraction of sp³-hybridized carbons (Fsp3) is 0.520. The minimum atomic E-state index is -0.236. The minimum absolute atomic E-state index is 0.0706. The monoisotopic (exact) mass is 454 g/mol. The molecule has 2 aromatic heterocycles. The van der Waals surface area contributed by atoms with Crippen LogP contribution >= 0.6 is 11.3 Å². The number of hydrogen-bond donors (Lipinski definition) is 0. The summed E-state index contributed by atoms with van der Waals surface area (Å²) in [5, 5.41) is 0.831. The van der Waals surface area contributed by atoms with E-state index in [4.69, 9.17) is 0 Å². The van der Waals surface area contributed by atoms with Crippen molar-refractivity contribution in [3.05, 3.63) is 62.8 Å². The molecule has 0 amide bonds. The summed E-state index contributed by atoms with van der Waals surface area (Å²) in [5.74, 6) is -0.236. The first-order valence-electron chi connectivity index (χ1n) is 11.8. The number of piperazine rings is 1. The summed E-state index contributed by atoms with van der Waals surface area (Å²) in [4.78, 5) is 25.4. The number of thiophene rings is 1. The van der Waals surface area contributed by atoms with Gasteiger partial charge in [0.25, 0.3) is 5.56 Å². The molecule has 1 saturated heterocycles. The number of halogens is 1. The highest BCUT2D eigenvalue weighted by atomic mass is 32.1. The van der Waals surface area contributed by atoms with Gasteiger partial charge in [0.2, 0.25) is 0 Å². The van der Waals surface area contributed by atoms with Gasteiger partial charge in [0.05, 0.1) is 11.7 Å². The number of rotatable bonds is 6. The van der Waals surface area contributed by atoms with E-state index in [0.717, 1.165) is 48.1 Å². The molecule has 5 rings (SSSR count). The predicted molar refractivity (Wildman–Crippen MR) is 128 cm³/mol. The third-order valence-corrected chi connectivity index (χ3v) is 8.19. The first-order chi connectivity index (χ1) is 15.6. The molecule has 5 nitrogen and oxygen atoms in total. The van der Waals surface area contributed by atoms with Crippen LogP contribution in [0.4, 0.5) is 4.39 Å². The zero-order valence-corrected chi connectivity index (χ0v) is 19.5. The van der Waals surface area contributed by atoms with E-state index in [-0.39, 0.29) is 11.4 Å². The van der Waals surface area contributed by atoms with Gasteiger partial charge in [-0.15, -0.1) is 11.3 Å². The maximum absolute atomic E-state index is 13.3. The van der Waals surface area contributed by atoms with Crippen molar-refractivity contribution in [3.63, 3.8) is 0 Å². The first-order valence-corrected chi connectivity index (χ1v) is 12.6. The van der Waals surface area contributed by atoms with Crippen LogP contribution in [0.15, 0.2) is 35.4 Å². The van der Waals surface area contributed by atoms with Crippen LogP contribution < -0.4 is 5.56 Å². The molecule has 1 aliphatic heterocycles. The van der Waals surface area contributed by atoms with Crippen molar-refractivity contribution in [2.75, 3.05) is 32.7 Å². The largest absolute Gasteiger partial charge is 0.301 e. The first kappa shape index (κ1) is 21.7. The van der Waals surface area contributed by atoms with E-state index in [1.807, 2.05) is 0 Å². The zero-order valence-electron chi connectivity index (χ0n) is 18.7. The molecule has 0 spiro atoms. The molecule has 0 radical (unpaired) electrons. The Morgan fingerprint density at radius 3 is 2.66 bits per heavy atom. The fourth-order valence-electron chi connectivity index (χ4n) is 5.22.